The summed E-state index contributed by atoms with van der Waals surface area (Å²) in [5.74, 6) is 0.675. The summed E-state index contributed by atoms with van der Waals surface area (Å²) in [6, 6.07) is 13.3. The quantitative estimate of drug-likeness (QED) is 0.838. The second-order valence-corrected chi connectivity index (χ2v) is 5.62. The summed E-state index contributed by atoms with van der Waals surface area (Å²) in [6.45, 7) is 2.12. The van der Waals surface area contributed by atoms with Crippen molar-refractivity contribution in [1.29, 1.82) is 0 Å². The van der Waals surface area contributed by atoms with Crippen molar-refractivity contribution in [2.24, 2.45) is 0 Å². The average molecular weight is 273 g/mol. The van der Waals surface area contributed by atoms with Crippen LogP contribution in [0.3, 0.4) is 0 Å². The van der Waals surface area contributed by atoms with E-state index in [4.69, 9.17) is 11.6 Å². The molecule has 1 fully saturated rings. The second-order valence-electron chi connectivity index (χ2n) is 5.26. The van der Waals surface area contributed by atoms with Gasteiger partial charge in [-0.05, 0) is 43.4 Å². The largest absolute Gasteiger partial charge is 0.380 e. The molecule has 0 bridgehead atoms. The number of hydrogen-bond acceptors (Lipinski definition) is 2. The smallest absolute Gasteiger partial charge is 0.152 e. The Morgan fingerprint density at radius 2 is 1.89 bits per heavy atom. The monoisotopic (exact) mass is 272 g/mol. The van der Waals surface area contributed by atoms with Gasteiger partial charge < -0.3 is 5.32 Å². The van der Waals surface area contributed by atoms with E-state index in [9.17, 15) is 0 Å². The van der Waals surface area contributed by atoms with Crippen LogP contribution in [0.1, 0.15) is 29.9 Å². The molecule has 3 rings (SSSR count). The van der Waals surface area contributed by atoms with Crippen LogP contribution in [0.2, 0.25) is 5.15 Å². The molecule has 3 heteroatoms. The van der Waals surface area contributed by atoms with E-state index in [1.54, 1.807) is 6.20 Å². The molecule has 2 aromatic rings. The van der Waals surface area contributed by atoms with E-state index in [2.05, 4.69) is 41.5 Å². The summed E-state index contributed by atoms with van der Waals surface area (Å²) in [5, 5.41) is 4.02. The fourth-order valence-corrected chi connectivity index (χ4v) is 2.73. The minimum atomic E-state index is 0.507. The number of hydrogen-bond donors (Lipinski definition) is 1. The first-order valence-electron chi connectivity index (χ1n) is 6.66. The van der Waals surface area contributed by atoms with E-state index >= 15 is 0 Å². The highest BCUT2D eigenvalue weighted by Gasteiger charge is 2.30. The van der Waals surface area contributed by atoms with E-state index in [1.165, 1.54) is 11.1 Å². The van der Waals surface area contributed by atoms with Crippen molar-refractivity contribution in [3.05, 3.63) is 58.9 Å². The van der Waals surface area contributed by atoms with Gasteiger partial charge in [0.2, 0.25) is 0 Å². The van der Waals surface area contributed by atoms with Crippen molar-refractivity contribution in [1.82, 2.24) is 4.98 Å². The van der Waals surface area contributed by atoms with Gasteiger partial charge in [-0.3, -0.25) is 0 Å². The highest BCUT2D eigenvalue weighted by atomic mass is 35.5. The number of nitrogens with zero attached hydrogens (tertiary/aromatic N) is 1. The lowest BCUT2D eigenvalue weighted by Crippen LogP contribution is -2.34. The molecular formula is C16H17ClN2. The number of pyridine rings is 1. The summed E-state index contributed by atoms with van der Waals surface area (Å²) < 4.78 is 0. The van der Waals surface area contributed by atoms with Gasteiger partial charge in [-0.15, -0.1) is 0 Å². The van der Waals surface area contributed by atoms with Crippen molar-refractivity contribution >= 4 is 17.3 Å². The van der Waals surface area contributed by atoms with Crippen LogP contribution in [0.25, 0.3) is 0 Å². The average Bonchev–Trinajstić information content (AvgIpc) is 2.37. The fourth-order valence-electron chi connectivity index (χ4n) is 2.56. The lowest BCUT2D eigenvalue weighted by Gasteiger charge is -2.37. The maximum Gasteiger partial charge on any atom is 0.152 e. The van der Waals surface area contributed by atoms with E-state index in [1.807, 2.05) is 12.1 Å². The van der Waals surface area contributed by atoms with Crippen LogP contribution in [0.15, 0.2) is 42.6 Å². The van der Waals surface area contributed by atoms with Gasteiger partial charge in [-0.2, -0.15) is 0 Å². The van der Waals surface area contributed by atoms with Crippen LogP contribution in [0.4, 0.5) is 5.69 Å². The summed E-state index contributed by atoms with van der Waals surface area (Å²) >= 11 is 6.05. The van der Waals surface area contributed by atoms with Gasteiger partial charge >= 0.3 is 0 Å². The molecule has 0 saturated heterocycles. The molecule has 1 aliphatic rings. The molecule has 1 aromatic heterocycles. The van der Waals surface area contributed by atoms with Crippen LogP contribution in [0, 0.1) is 6.92 Å². The lowest BCUT2D eigenvalue weighted by atomic mass is 9.75. The maximum atomic E-state index is 6.05. The number of halogens is 1. The first kappa shape index (κ1) is 12.5. The van der Waals surface area contributed by atoms with Gasteiger partial charge in [0.25, 0.3) is 0 Å². The predicted octanol–water partition coefficient (Wildman–Crippen LogP) is 4.40. The molecule has 0 amide bonds. The van der Waals surface area contributed by atoms with Crippen LogP contribution >= 0.6 is 11.6 Å². The number of benzene rings is 1. The van der Waals surface area contributed by atoms with Crippen LogP contribution in [0.5, 0.6) is 0 Å². The van der Waals surface area contributed by atoms with Crippen molar-refractivity contribution < 1.29 is 0 Å². The van der Waals surface area contributed by atoms with Gasteiger partial charge in [-0.1, -0.05) is 41.4 Å². The molecule has 1 heterocycles. The third-order valence-electron chi connectivity index (χ3n) is 3.81. The van der Waals surface area contributed by atoms with Gasteiger partial charge in [0.15, 0.2) is 5.15 Å². The zero-order valence-electron chi connectivity index (χ0n) is 10.9. The molecule has 19 heavy (non-hydrogen) atoms. The van der Waals surface area contributed by atoms with Crippen molar-refractivity contribution in [2.75, 3.05) is 5.32 Å². The van der Waals surface area contributed by atoms with E-state index in [0.717, 1.165) is 18.5 Å². The highest BCUT2D eigenvalue weighted by molar-refractivity contribution is 6.31. The SMILES string of the molecule is Cc1ccc(C2CC(Nc3cccnc3Cl)C2)cc1. The minimum Gasteiger partial charge on any atom is -0.380 e. The number of anilines is 1. The zero-order chi connectivity index (χ0) is 13.2. The number of aryl methyl sites for hydroxylation is 1. The molecule has 98 valence electrons. The summed E-state index contributed by atoms with van der Waals surface area (Å²) in [6.07, 6.45) is 4.03. The number of aromatic nitrogens is 1. The molecule has 0 aliphatic heterocycles. The molecule has 0 atom stereocenters. The molecule has 1 aromatic carbocycles. The highest BCUT2D eigenvalue weighted by Crippen LogP contribution is 2.39. The van der Waals surface area contributed by atoms with Gasteiger partial charge in [-0.25, -0.2) is 4.98 Å². The maximum absolute atomic E-state index is 6.05. The zero-order valence-corrected chi connectivity index (χ0v) is 11.7. The molecule has 0 unspecified atom stereocenters. The third-order valence-corrected chi connectivity index (χ3v) is 4.11. The molecule has 0 radical (unpaired) electrons. The molecule has 1 aliphatic carbocycles. The molecular weight excluding hydrogens is 256 g/mol. The van der Waals surface area contributed by atoms with Gasteiger partial charge in [0, 0.05) is 12.2 Å². The molecule has 2 nitrogen and oxygen atoms in total. The van der Waals surface area contributed by atoms with E-state index in [0.29, 0.717) is 17.1 Å². The summed E-state index contributed by atoms with van der Waals surface area (Å²) in [5.41, 5.74) is 3.71. The van der Waals surface area contributed by atoms with Crippen molar-refractivity contribution in [3.63, 3.8) is 0 Å². The van der Waals surface area contributed by atoms with Gasteiger partial charge in [0.05, 0.1) is 5.69 Å². The standard InChI is InChI=1S/C16H17ClN2/c1-11-4-6-12(7-5-11)13-9-14(10-13)19-15-3-2-8-18-16(15)17/h2-8,13-14,19H,9-10H2,1H3. The minimum absolute atomic E-state index is 0.507. The van der Waals surface area contributed by atoms with Crippen LogP contribution in [-0.2, 0) is 0 Å². The van der Waals surface area contributed by atoms with E-state index < -0.39 is 0 Å². The Bertz CT molecular complexity index is 559. The molecule has 0 spiro atoms. The van der Waals surface area contributed by atoms with Crippen molar-refractivity contribution in [2.45, 2.75) is 31.7 Å². The topological polar surface area (TPSA) is 24.9 Å². The molecule has 1 N–H and O–H groups in total. The van der Waals surface area contributed by atoms with E-state index in [-0.39, 0.29) is 0 Å². The fraction of sp³-hybridized carbons (Fsp3) is 0.312. The summed E-state index contributed by atoms with van der Waals surface area (Å²) in [4.78, 5) is 4.08. The molecule has 1 saturated carbocycles. The first-order chi connectivity index (χ1) is 9.22. The predicted molar refractivity (Wildman–Crippen MR) is 79.8 cm³/mol. The second kappa shape index (κ2) is 5.22. The Labute approximate surface area is 118 Å². The first-order valence-corrected chi connectivity index (χ1v) is 7.04. The Balaban J connectivity index is 1.58. The van der Waals surface area contributed by atoms with Crippen molar-refractivity contribution in [3.8, 4) is 0 Å². The lowest BCUT2D eigenvalue weighted by molar-refractivity contribution is 0.374. The van der Waals surface area contributed by atoms with Gasteiger partial charge in [0.1, 0.15) is 0 Å². The Hall–Kier alpha value is -1.54. The van der Waals surface area contributed by atoms with Crippen LogP contribution in [-0.4, -0.2) is 11.0 Å². The normalized spacial score (nSPS) is 21.8. The Kier molecular flexibility index (Phi) is 3.43. The Morgan fingerprint density at radius 1 is 1.16 bits per heavy atom. The summed E-state index contributed by atoms with van der Waals surface area (Å²) in [7, 11) is 0. The number of nitrogens with one attached hydrogen (secondary N) is 1. The third kappa shape index (κ3) is 2.74. The number of rotatable bonds is 3. The van der Waals surface area contributed by atoms with Crippen LogP contribution < -0.4 is 5.32 Å². The Morgan fingerprint density at radius 3 is 2.58 bits per heavy atom.